The van der Waals surface area contributed by atoms with Gasteiger partial charge in [-0.2, -0.15) is 0 Å². The summed E-state index contributed by atoms with van der Waals surface area (Å²) in [6, 6.07) is 2.65. The fourth-order valence-corrected chi connectivity index (χ4v) is 4.23. The monoisotopic (exact) mass is 490 g/mol. The molecule has 194 valence electrons. The number of hydrogen-bond acceptors (Lipinski definition) is 6. The van der Waals surface area contributed by atoms with Gasteiger partial charge >= 0.3 is 5.97 Å². The number of carboxylic acid groups (broad SMARTS) is 1. The van der Waals surface area contributed by atoms with E-state index in [9.17, 15) is 29.4 Å². The van der Waals surface area contributed by atoms with Crippen LogP contribution in [0.2, 0.25) is 0 Å². The van der Waals surface area contributed by atoms with Gasteiger partial charge in [0.05, 0.1) is 6.04 Å². The first kappa shape index (κ1) is 28.1. The second-order valence-corrected chi connectivity index (χ2v) is 9.93. The number of nitrogens with two attached hydrogens (primary N) is 1. The molecule has 1 fully saturated rings. The van der Waals surface area contributed by atoms with Crippen LogP contribution in [0.4, 0.5) is 0 Å². The summed E-state index contributed by atoms with van der Waals surface area (Å²) in [7, 11) is 0. The third-order valence-electron chi connectivity index (χ3n) is 6.12. The van der Waals surface area contributed by atoms with E-state index >= 15 is 0 Å². The number of phenolic OH excluding ortho intramolecular Hbond substituents is 1. The molecular formula is C25H38N4O6. The molecule has 10 heteroatoms. The lowest BCUT2D eigenvalue weighted by Crippen LogP contribution is -2.57. The number of hydrogen-bond donors (Lipinski definition) is 5. The van der Waals surface area contributed by atoms with Gasteiger partial charge in [-0.15, -0.1) is 0 Å². The molecule has 0 radical (unpaired) electrons. The zero-order chi connectivity index (χ0) is 26.3. The van der Waals surface area contributed by atoms with Crippen molar-refractivity contribution in [3.8, 4) is 5.75 Å². The summed E-state index contributed by atoms with van der Waals surface area (Å²) in [5.74, 6) is -2.61. The Hall–Kier alpha value is -3.14. The van der Waals surface area contributed by atoms with E-state index in [1.165, 1.54) is 17.0 Å². The molecule has 0 spiro atoms. The molecule has 0 saturated carbocycles. The van der Waals surface area contributed by atoms with Crippen molar-refractivity contribution in [2.75, 3.05) is 6.54 Å². The minimum Gasteiger partial charge on any atom is -0.508 e. The maximum Gasteiger partial charge on any atom is 0.326 e. The number of carboxylic acids is 1. The van der Waals surface area contributed by atoms with Crippen LogP contribution >= 0.6 is 0 Å². The van der Waals surface area contributed by atoms with Crippen molar-refractivity contribution in [2.24, 2.45) is 17.6 Å². The minimum atomic E-state index is -1.14. The highest BCUT2D eigenvalue weighted by molar-refractivity contribution is 5.94. The molecule has 35 heavy (non-hydrogen) atoms. The predicted molar refractivity (Wildman–Crippen MR) is 130 cm³/mol. The molecule has 1 saturated heterocycles. The number of aromatic hydroxyl groups is 1. The van der Waals surface area contributed by atoms with E-state index in [1.54, 1.807) is 26.0 Å². The molecule has 2 rings (SSSR count). The second-order valence-electron chi connectivity index (χ2n) is 9.93. The molecule has 1 heterocycles. The van der Waals surface area contributed by atoms with Crippen LogP contribution in [0.15, 0.2) is 24.3 Å². The topological polar surface area (TPSA) is 162 Å². The third-order valence-corrected chi connectivity index (χ3v) is 6.12. The van der Waals surface area contributed by atoms with Gasteiger partial charge in [-0.1, -0.05) is 39.8 Å². The van der Waals surface area contributed by atoms with Crippen LogP contribution in [0.25, 0.3) is 0 Å². The van der Waals surface area contributed by atoms with Crippen LogP contribution in [0.5, 0.6) is 5.75 Å². The smallest absolute Gasteiger partial charge is 0.326 e. The summed E-state index contributed by atoms with van der Waals surface area (Å²) in [5.41, 5.74) is 6.74. The summed E-state index contributed by atoms with van der Waals surface area (Å²) in [5, 5.41) is 24.3. The first-order valence-electron chi connectivity index (χ1n) is 12.1. The average molecular weight is 491 g/mol. The number of benzene rings is 1. The Bertz CT molecular complexity index is 902. The van der Waals surface area contributed by atoms with Crippen LogP contribution in [0.3, 0.4) is 0 Å². The Kier molecular flexibility index (Phi) is 10.1. The number of aliphatic carboxylic acids is 1. The van der Waals surface area contributed by atoms with E-state index in [1.807, 2.05) is 13.8 Å². The lowest BCUT2D eigenvalue weighted by molar-refractivity contribution is -0.145. The maximum absolute atomic E-state index is 13.6. The number of nitrogens with zero attached hydrogens (tertiary/aromatic N) is 1. The number of likely N-dealkylation sites (tertiary alicyclic amines) is 1. The van der Waals surface area contributed by atoms with E-state index in [-0.39, 0.29) is 24.0 Å². The Labute approximate surface area is 206 Å². The summed E-state index contributed by atoms with van der Waals surface area (Å²) in [6.07, 6.45) is 1.57. The van der Waals surface area contributed by atoms with Gasteiger partial charge in [0.2, 0.25) is 17.7 Å². The Morgan fingerprint density at radius 3 is 2.26 bits per heavy atom. The first-order valence-corrected chi connectivity index (χ1v) is 12.1. The molecule has 1 aliphatic rings. The van der Waals surface area contributed by atoms with E-state index in [2.05, 4.69) is 10.6 Å². The molecule has 6 N–H and O–H groups in total. The van der Waals surface area contributed by atoms with Crippen molar-refractivity contribution in [1.82, 2.24) is 15.5 Å². The number of carbonyl (C=O) groups is 4. The molecular weight excluding hydrogens is 452 g/mol. The van der Waals surface area contributed by atoms with Gasteiger partial charge in [0.25, 0.3) is 0 Å². The molecule has 1 aromatic rings. The van der Waals surface area contributed by atoms with Gasteiger partial charge < -0.3 is 31.5 Å². The van der Waals surface area contributed by atoms with Crippen LogP contribution in [-0.2, 0) is 25.6 Å². The molecule has 0 bridgehead atoms. The van der Waals surface area contributed by atoms with Gasteiger partial charge in [-0.05, 0) is 48.8 Å². The van der Waals surface area contributed by atoms with Crippen molar-refractivity contribution in [1.29, 1.82) is 0 Å². The fourth-order valence-electron chi connectivity index (χ4n) is 4.23. The van der Waals surface area contributed by atoms with Gasteiger partial charge in [0.1, 0.15) is 23.9 Å². The average Bonchev–Trinajstić information content (AvgIpc) is 3.26. The lowest BCUT2D eigenvalue weighted by Gasteiger charge is -2.30. The van der Waals surface area contributed by atoms with Gasteiger partial charge in [0.15, 0.2) is 0 Å². The summed E-state index contributed by atoms with van der Waals surface area (Å²) in [4.78, 5) is 52.3. The van der Waals surface area contributed by atoms with Crippen molar-refractivity contribution in [3.05, 3.63) is 29.8 Å². The van der Waals surface area contributed by atoms with Crippen molar-refractivity contribution in [3.63, 3.8) is 0 Å². The third kappa shape index (κ3) is 7.95. The van der Waals surface area contributed by atoms with Crippen LogP contribution in [0, 0.1) is 11.8 Å². The summed E-state index contributed by atoms with van der Waals surface area (Å²) in [6.45, 7) is 7.60. The Balaban J connectivity index is 2.24. The van der Waals surface area contributed by atoms with E-state index in [4.69, 9.17) is 5.73 Å². The van der Waals surface area contributed by atoms with Crippen LogP contribution in [0.1, 0.15) is 52.5 Å². The predicted octanol–water partition coefficient (Wildman–Crippen LogP) is 1.01. The molecule has 3 amide bonds. The normalized spacial score (nSPS) is 18.3. The van der Waals surface area contributed by atoms with Crippen molar-refractivity contribution in [2.45, 2.75) is 77.5 Å². The number of amides is 3. The van der Waals surface area contributed by atoms with Crippen LogP contribution in [-0.4, -0.2) is 69.5 Å². The van der Waals surface area contributed by atoms with Gasteiger partial charge in [-0.25, -0.2) is 4.79 Å². The van der Waals surface area contributed by atoms with Crippen molar-refractivity contribution < 1.29 is 29.4 Å². The molecule has 0 aliphatic carbocycles. The summed E-state index contributed by atoms with van der Waals surface area (Å²) < 4.78 is 0. The molecule has 4 atom stereocenters. The van der Waals surface area contributed by atoms with Gasteiger partial charge in [0, 0.05) is 13.0 Å². The highest BCUT2D eigenvalue weighted by atomic mass is 16.4. The van der Waals surface area contributed by atoms with E-state index in [0.717, 1.165) is 0 Å². The lowest BCUT2D eigenvalue weighted by atomic mass is 10.0. The Morgan fingerprint density at radius 1 is 1.09 bits per heavy atom. The second kappa shape index (κ2) is 12.5. The molecule has 4 unspecified atom stereocenters. The number of phenols is 1. The molecule has 10 nitrogen and oxygen atoms in total. The van der Waals surface area contributed by atoms with Gasteiger partial charge in [-0.3, -0.25) is 14.4 Å². The largest absolute Gasteiger partial charge is 0.508 e. The molecule has 1 aliphatic heterocycles. The quantitative estimate of drug-likeness (QED) is 0.309. The summed E-state index contributed by atoms with van der Waals surface area (Å²) >= 11 is 0. The first-order chi connectivity index (χ1) is 16.4. The van der Waals surface area contributed by atoms with Crippen LogP contribution < -0.4 is 16.4 Å². The highest BCUT2D eigenvalue weighted by Crippen LogP contribution is 2.21. The molecule has 0 aromatic heterocycles. The fraction of sp³-hybridized carbons (Fsp3) is 0.600. The highest BCUT2D eigenvalue weighted by Gasteiger charge is 2.39. The Morgan fingerprint density at radius 2 is 1.71 bits per heavy atom. The SMILES string of the molecule is CC(C)CC(N)C(=O)NC(Cc1ccc(O)cc1)C(=O)N1CCCC1C(=O)NC(C(=O)O)C(C)C. The maximum atomic E-state index is 13.6. The number of carbonyl (C=O) groups excluding carboxylic acids is 3. The number of rotatable bonds is 11. The minimum absolute atomic E-state index is 0.0778. The number of nitrogens with one attached hydrogen (secondary N) is 2. The zero-order valence-electron chi connectivity index (χ0n) is 20.9. The molecule has 1 aromatic carbocycles. The van der Waals surface area contributed by atoms with E-state index in [0.29, 0.717) is 31.4 Å². The standard InChI is InChI=1S/C25H38N4O6/c1-14(2)12-18(26)22(31)27-19(13-16-7-9-17(30)10-8-16)24(33)29-11-5-6-20(29)23(32)28-21(15(3)4)25(34)35/h7-10,14-15,18-21,30H,5-6,11-13,26H2,1-4H3,(H,27,31)(H,28,32)(H,34,35). The zero-order valence-corrected chi connectivity index (χ0v) is 20.9. The van der Waals surface area contributed by atoms with Crippen molar-refractivity contribution >= 4 is 23.7 Å². The van der Waals surface area contributed by atoms with E-state index < -0.39 is 47.9 Å².